The molecule has 0 bridgehead atoms. The Labute approximate surface area is 60.5 Å². The number of hydrogen-bond donors (Lipinski definition) is 0. The van der Waals surface area contributed by atoms with Gasteiger partial charge in [0.25, 0.3) is 0 Å². The Morgan fingerprint density at radius 1 is 1.44 bits per heavy atom. The van der Waals surface area contributed by atoms with E-state index >= 15 is 0 Å². The fourth-order valence-corrected chi connectivity index (χ4v) is 1.41. The zero-order chi connectivity index (χ0) is 6.91. The lowest BCUT2D eigenvalue weighted by atomic mass is 9.90. The standard InChI is InChI=1S/C8H11S/c1-8(2,3)7-4-5-9-6-7/h4-5H,1-3H3. The normalized spacial score (nSPS) is 11.9. The van der Waals surface area contributed by atoms with Crippen LogP contribution in [0.4, 0.5) is 0 Å². The highest BCUT2D eigenvalue weighted by Gasteiger charge is 2.12. The molecule has 0 fully saturated rings. The first kappa shape index (κ1) is 6.81. The molecule has 0 nitrogen and oxygen atoms in total. The van der Waals surface area contributed by atoms with Crippen LogP contribution in [-0.4, -0.2) is 0 Å². The van der Waals surface area contributed by atoms with E-state index in [1.165, 1.54) is 5.56 Å². The Morgan fingerprint density at radius 3 is 2.33 bits per heavy atom. The first-order valence-electron chi connectivity index (χ1n) is 3.06. The van der Waals surface area contributed by atoms with Crippen LogP contribution in [0.15, 0.2) is 11.4 Å². The van der Waals surface area contributed by atoms with Crippen molar-refractivity contribution in [2.45, 2.75) is 26.2 Å². The molecule has 1 aromatic heterocycles. The third-order valence-corrected chi connectivity index (χ3v) is 1.89. The topological polar surface area (TPSA) is 0 Å². The zero-order valence-electron chi connectivity index (χ0n) is 6.06. The Kier molecular flexibility index (Phi) is 1.62. The van der Waals surface area contributed by atoms with Gasteiger partial charge in [-0.15, -0.1) is 11.3 Å². The molecule has 0 atom stereocenters. The van der Waals surface area contributed by atoms with E-state index in [9.17, 15) is 0 Å². The van der Waals surface area contributed by atoms with E-state index in [0.717, 1.165) is 0 Å². The van der Waals surface area contributed by atoms with E-state index in [0.29, 0.717) is 0 Å². The summed E-state index contributed by atoms with van der Waals surface area (Å²) in [5, 5.41) is 5.29. The minimum absolute atomic E-state index is 0.278. The zero-order valence-corrected chi connectivity index (χ0v) is 6.88. The molecule has 0 saturated heterocycles. The highest BCUT2D eigenvalue weighted by atomic mass is 32.1. The number of thiophene rings is 1. The molecule has 49 valence electrons. The third kappa shape index (κ3) is 1.55. The summed E-state index contributed by atoms with van der Waals surface area (Å²) < 4.78 is 0. The van der Waals surface area contributed by atoms with E-state index in [2.05, 4.69) is 37.6 Å². The molecule has 0 aliphatic rings. The van der Waals surface area contributed by atoms with Crippen molar-refractivity contribution in [3.8, 4) is 0 Å². The van der Waals surface area contributed by atoms with Gasteiger partial charge in [-0.25, -0.2) is 0 Å². The maximum Gasteiger partial charge on any atom is 0.0482 e. The SMILES string of the molecule is CC(C)(C)c1[c]scc1. The van der Waals surface area contributed by atoms with E-state index in [1.54, 1.807) is 11.3 Å². The van der Waals surface area contributed by atoms with E-state index < -0.39 is 0 Å². The molecule has 1 heterocycles. The second kappa shape index (κ2) is 2.14. The van der Waals surface area contributed by atoms with Gasteiger partial charge >= 0.3 is 0 Å². The van der Waals surface area contributed by atoms with Crippen LogP contribution in [0.3, 0.4) is 0 Å². The predicted octanol–water partition coefficient (Wildman–Crippen LogP) is 2.85. The van der Waals surface area contributed by atoms with Gasteiger partial charge in [0.15, 0.2) is 0 Å². The van der Waals surface area contributed by atoms with Crippen molar-refractivity contribution in [2.75, 3.05) is 0 Å². The Morgan fingerprint density at radius 2 is 2.11 bits per heavy atom. The van der Waals surface area contributed by atoms with Gasteiger partial charge in [0, 0.05) is 5.38 Å². The molecule has 0 aromatic carbocycles. The average Bonchev–Trinajstić information content (AvgIpc) is 2.08. The second-order valence-corrected chi connectivity index (χ2v) is 3.90. The van der Waals surface area contributed by atoms with Gasteiger partial charge in [-0.1, -0.05) is 20.8 Å². The number of hydrogen-bond acceptors (Lipinski definition) is 1. The molecule has 1 aromatic rings. The van der Waals surface area contributed by atoms with Crippen LogP contribution in [0.2, 0.25) is 0 Å². The first-order chi connectivity index (χ1) is 4.11. The fourth-order valence-electron chi connectivity index (χ4n) is 0.637. The van der Waals surface area contributed by atoms with Crippen molar-refractivity contribution in [1.29, 1.82) is 0 Å². The maximum absolute atomic E-state index is 3.22. The van der Waals surface area contributed by atoms with Gasteiger partial charge in [-0.2, -0.15) is 0 Å². The molecule has 0 aliphatic heterocycles. The van der Waals surface area contributed by atoms with E-state index in [4.69, 9.17) is 0 Å². The van der Waals surface area contributed by atoms with Gasteiger partial charge < -0.3 is 0 Å². The summed E-state index contributed by atoms with van der Waals surface area (Å²) in [6.07, 6.45) is 0. The lowest BCUT2D eigenvalue weighted by Crippen LogP contribution is -2.08. The largest absolute Gasteiger partial charge is 0.143 e. The second-order valence-electron chi connectivity index (χ2n) is 3.19. The van der Waals surface area contributed by atoms with Crippen molar-refractivity contribution in [1.82, 2.24) is 0 Å². The van der Waals surface area contributed by atoms with E-state index in [1.807, 2.05) is 0 Å². The molecular weight excluding hydrogens is 128 g/mol. The van der Waals surface area contributed by atoms with Crippen LogP contribution in [0.25, 0.3) is 0 Å². The van der Waals surface area contributed by atoms with Crippen molar-refractivity contribution in [3.63, 3.8) is 0 Å². The van der Waals surface area contributed by atoms with Crippen molar-refractivity contribution in [3.05, 3.63) is 22.4 Å². The molecule has 0 aliphatic carbocycles. The Balaban J connectivity index is 2.90. The summed E-state index contributed by atoms with van der Waals surface area (Å²) in [5.41, 5.74) is 1.59. The van der Waals surface area contributed by atoms with E-state index in [-0.39, 0.29) is 5.41 Å². The van der Waals surface area contributed by atoms with Crippen LogP contribution < -0.4 is 0 Å². The highest BCUT2D eigenvalue weighted by Crippen LogP contribution is 2.22. The average molecular weight is 139 g/mol. The fraction of sp³-hybridized carbons (Fsp3) is 0.500. The molecule has 1 rings (SSSR count). The van der Waals surface area contributed by atoms with Crippen molar-refractivity contribution in [2.24, 2.45) is 0 Å². The minimum atomic E-state index is 0.278. The molecule has 1 radical (unpaired) electrons. The van der Waals surface area contributed by atoms with Crippen LogP contribution in [-0.2, 0) is 5.41 Å². The van der Waals surface area contributed by atoms with Gasteiger partial charge in [-0.3, -0.25) is 0 Å². The van der Waals surface area contributed by atoms with Crippen LogP contribution >= 0.6 is 11.3 Å². The van der Waals surface area contributed by atoms with Crippen LogP contribution in [0, 0.1) is 5.38 Å². The number of rotatable bonds is 0. The smallest absolute Gasteiger partial charge is 0.0482 e. The molecule has 9 heavy (non-hydrogen) atoms. The molecule has 0 spiro atoms. The Hall–Kier alpha value is -0.300. The summed E-state index contributed by atoms with van der Waals surface area (Å²) in [6.45, 7) is 6.60. The lowest BCUT2D eigenvalue weighted by Gasteiger charge is -2.15. The monoisotopic (exact) mass is 139 g/mol. The van der Waals surface area contributed by atoms with Crippen LogP contribution in [0.1, 0.15) is 26.3 Å². The highest BCUT2D eigenvalue weighted by molar-refractivity contribution is 7.07. The van der Waals surface area contributed by atoms with Crippen molar-refractivity contribution < 1.29 is 0 Å². The lowest BCUT2D eigenvalue weighted by molar-refractivity contribution is 0.592. The van der Waals surface area contributed by atoms with Gasteiger partial charge in [-0.05, 0) is 22.4 Å². The summed E-state index contributed by atoms with van der Waals surface area (Å²) in [6, 6.07) is 2.13. The van der Waals surface area contributed by atoms with Crippen LogP contribution in [0.5, 0.6) is 0 Å². The minimum Gasteiger partial charge on any atom is -0.143 e. The molecule has 0 N–H and O–H groups in total. The molecular formula is C8H11S. The summed E-state index contributed by atoms with van der Waals surface area (Å²) in [5.74, 6) is 0. The molecule has 0 amide bonds. The van der Waals surface area contributed by atoms with Gasteiger partial charge in [0.05, 0.1) is 0 Å². The summed E-state index contributed by atoms with van der Waals surface area (Å²) >= 11 is 1.64. The molecule has 1 heteroatoms. The summed E-state index contributed by atoms with van der Waals surface area (Å²) in [7, 11) is 0. The summed E-state index contributed by atoms with van der Waals surface area (Å²) in [4.78, 5) is 0. The maximum atomic E-state index is 3.22. The molecule has 0 unspecified atom stereocenters. The third-order valence-electron chi connectivity index (χ3n) is 1.28. The quantitative estimate of drug-likeness (QED) is 0.518. The van der Waals surface area contributed by atoms with Crippen molar-refractivity contribution >= 4 is 11.3 Å². The molecule has 0 saturated carbocycles. The first-order valence-corrected chi connectivity index (χ1v) is 3.94. The van der Waals surface area contributed by atoms with Gasteiger partial charge in [0.2, 0.25) is 0 Å². The van der Waals surface area contributed by atoms with Gasteiger partial charge in [0.1, 0.15) is 0 Å². The Bertz CT molecular complexity index is 167. The predicted molar refractivity (Wildman–Crippen MR) is 41.9 cm³/mol.